The molecule has 0 aliphatic carbocycles. The summed E-state index contributed by atoms with van der Waals surface area (Å²) in [6.07, 6.45) is 3.32. The van der Waals surface area contributed by atoms with Crippen molar-refractivity contribution in [1.82, 2.24) is 29.7 Å². The lowest BCUT2D eigenvalue weighted by molar-refractivity contribution is 0.0936. The lowest BCUT2D eigenvalue weighted by Crippen LogP contribution is -2.27. The lowest BCUT2D eigenvalue weighted by Gasteiger charge is -2.08. The van der Waals surface area contributed by atoms with Crippen molar-refractivity contribution < 1.29 is 9.53 Å². The van der Waals surface area contributed by atoms with Crippen molar-refractivity contribution in [3.63, 3.8) is 0 Å². The number of carbonyl (C=O) groups is 1. The fraction of sp³-hybridized carbons (Fsp3) is 0.190. The fourth-order valence-electron chi connectivity index (χ4n) is 3.15. The number of amides is 1. The second-order valence-electron chi connectivity index (χ2n) is 6.67. The first-order chi connectivity index (χ1) is 14.6. The summed E-state index contributed by atoms with van der Waals surface area (Å²) in [5, 5.41) is 2.82. The predicted molar refractivity (Wildman–Crippen MR) is 113 cm³/mol. The number of nitrogens with one attached hydrogen (secondary N) is 1. The van der Waals surface area contributed by atoms with E-state index in [9.17, 15) is 4.79 Å². The van der Waals surface area contributed by atoms with Crippen molar-refractivity contribution in [3.8, 4) is 22.8 Å². The Morgan fingerprint density at radius 2 is 2.00 bits per heavy atom. The number of hydrogen-bond acceptors (Lipinski definition) is 7. The van der Waals surface area contributed by atoms with E-state index in [-0.39, 0.29) is 11.9 Å². The Hall–Kier alpha value is -3.85. The first-order valence-electron chi connectivity index (χ1n) is 9.39. The summed E-state index contributed by atoms with van der Waals surface area (Å²) < 4.78 is 6.81. The van der Waals surface area contributed by atoms with Gasteiger partial charge in [-0.1, -0.05) is 6.07 Å². The normalized spacial score (nSPS) is 11.0. The minimum absolute atomic E-state index is 0.152. The number of pyridine rings is 2. The number of anilines is 1. The zero-order valence-corrected chi connectivity index (χ0v) is 16.7. The predicted octanol–water partition coefficient (Wildman–Crippen LogP) is 2.12. The first kappa shape index (κ1) is 19.5. The third kappa shape index (κ3) is 3.83. The van der Waals surface area contributed by atoms with E-state index in [1.54, 1.807) is 37.7 Å². The molecular formula is C21H21N7O2. The van der Waals surface area contributed by atoms with Gasteiger partial charge in [0.15, 0.2) is 0 Å². The van der Waals surface area contributed by atoms with E-state index in [1.807, 2.05) is 29.5 Å². The molecule has 0 spiro atoms. The molecule has 0 aliphatic rings. The van der Waals surface area contributed by atoms with Crippen molar-refractivity contribution in [1.29, 1.82) is 0 Å². The number of ether oxygens (including phenoxy) is 1. The van der Waals surface area contributed by atoms with Crippen LogP contribution in [-0.4, -0.2) is 50.5 Å². The van der Waals surface area contributed by atoms with E-state index in [2.05, 4.69) is 20.3 Å². The van der Waals surface area contributed by atoms with Crippen LogP contribution >= 0.6 is 0 Å². The van der Waals surface area contributed by atoms with E-state index in [4.69, 9.17) is 15.5 Å². The van der Waals surface area contributed by atoms with Crippen LogP contribution in [0.4, 0.5) is 5.95 Å². The van der Waals surface area contributed by atoms with E-state index >= 15 is 0 Å². The van der Waals surface area contributed by atoms with Crippen LogP contribution in [0.1, 0.15) is 16.1 Å². The van der Waals surface area contributed by atoms with Crippen LogP contribution in [-0.2, 0) is 4.74 Å². The highest BCUT2D eigenvalue weighted by molar-refractivity contribution is 5.94. The van der Waals surface area contributed by atoms with E-state index in [0.717, 1.165) is 5.69 Å². The van der Waals surface area contributed by atoms with Crippen molar-refractivity contribution in [2.45, 2.75) is 6.92 Å². The Balaban J connectivity index is 1.89. The van der Waals surface area contributed by atoms with Gasteiger partial charge in [0.1, 0.15) is 17.0 Å². The van der Waals surface area contributed by atoms with Crippen LogP contribution in [0, 0.1) is 6.92 Å². The number of imidazole rings is 1. The number of carbonyl (C=O) groups excluding carboxylic acids is 1. The van der Waals surface area contributed by atoms with E-state index in [0.29, 0.717) is 47.1 Å². The van der Waals surface area contributed by atoms with Crippen LogP contribution in [0.15, 0.2) is 48.8 Å². The van der Waals surface area contributed by atoms with Crippen LogP contribution in [0.3, 0.4) is 0 Å². The van der Waals surface area contributed by atoms with Gasteiger partial charge >= 0.3 is 0 Å². The van der Waals surface area contributed by atoms with Gasteiger partial charge in [-0.15, -0.1) is 0 Å². The molecule has 0 radical (unpaired) electrons. The number of nitrogen functional groups attached to an aromatic ring is 1. The minimum atomic E-state index is -0.203. The summed E-state index contributed by atoms with van der Waals surface area (Å²) >= 11 is 0. The second kappa shape index (κ2) is 8.26. The number of nitrogens with two attached hydrogens (primary N) is 1. The van der Waals surface area contributed by atoms with Gasteiger partial charge in [0.05, 0.1) is 23.6 Å². The average Bonchev–Trinajstić information content (AvgIpc) is 3.12. The second-order valence-corrected chi connectivity index (χ2v) is 6.67. The Morgan fingerprint density at radius 1 is 1.13 bits per heavy atom. The number of nitrogens with zero attached hydrogens (tertiary/aromatic N) is 5. The summed E-state index contributed by atoms with van der Waals surface area (Å²) in [5.74, 6) is -0.0508. The van der Waals surface area contributed by atoms with Gasteiger partial charge in [0.2, 0.25) is 5.95 Å². The third-order valence-electron chi connectivity index (χ3n) is 4.52. The van der Waals surface area contributed by atoms with Gasteiger partial charge in [-0.3, -0.25) is 14.2 Å². The Bertz CT molecular complexity index is 1220. The Labute approximate surface area is 173 Å². The Kier molecular flexibility index (Phi) is 5.36. The van der Waals surface area contributed by atoms with Gasteiger partial charge in [-0.25, -0.2) is 15.0 Å². The zero-order valence-electron chi connectivity index (χ0n) is 16.7. The summed E-state index contributed by atoms with van der Waals surface area (Å²) in [5.41, 5.74) is 10.5. The number of aryl methyl sites for hydroxylation is 1. The summed E-state index contributed by atoms with van der Waals surface area (Å²) in [6.45, 7) is 2.78. The minimum Gasteiger partial charge on any atom is -0.383 e. The number of rotatable bonds is 6. The lowest BCUT2D eigenvalue weighted by atomic mass is 10.1. The highest BCUT2D eigenvalue weighted by Crippen LogP contribution is 2.31. The van der Waals surface area contributed by atoms with Gasteiger partial charge in [-0.05, 0) is 37.3 Å². The molecule has 4 heterocycles. The number of methoxy groups -OCH3 is 1. The molecule has 3 N–H and O–H groups in total. The molecule has 9 heteroatoms. The zero-order chi connectivity index (χ0) is 21.1. The largest absolute Gasteiger partial charge is 0.383 e. The smallest absolute Gasteiger partial charge is 0.252 e. The topological polar surface area (TPSA) is 120 Å². The number of hydrogen-bond donors (Lipinski definition) is 2. The van der Waals surface area contributed by atoms with Crippen LogP contribution in [0.25, 0.3) is 28.4 Å². The monoisotopic (exact) mass is 403 g/mol. The number of fused-ring (bicyclic) bond motifs is 1. The molecular weight excluding hydrogens is 382 g/mol. The summed E-state index contributed by atoms with van der Waals surface area (Å²) in [6, 6.07) is 11.0. The Morgan fingerprint density at radius 3 is 2.77 bits per heavy atom. The van der Waals surface area contributed by atoms with Crippen LogP contribution < -0.4 is 11.1 Å². The van der Waals surface area contributed by atoms with Crippen molar-refractivity contribution >= 4 is 17.5 Å². The molecule has 4 aromatic heterocycles. The highest BCUT2D eigenvalue weighted by Gasteiger charge is 2.19. The molecule has 30 heavy (non-hydrogen) atoms. The molecule has 0 aromatic carbocycles. The molecule has 4 aromatic rings. The van der Waals surface area contributed by atoms with Crippen molar-refractivity contribution in [2.75, 3.05) is 26.0 Å². The highest BCUT2D eigenvalue weighted by atomic mass is 16.5. The first-order valence-corrected chi connectivity index (χ1v) is 9.39. The maximum Gasteiger partial charge on any atom is 0.252 e. The quantitative estimate of drug-likeness (QED) is 0.473. The van der Waals surface area contributed by atoms with Gasteiger partial charge in [0.25, 0.3) is 5.91 Å². The van der Waals surface area contributed by atoms with E-state index < -0.39 is 0 Å². The molecule has 152 valence electrons. The summed E-state index contributed by atoms with van der Waals surface area (Å²) in [7, 11) is 1.59. The maximum absolute atomic E-state index is 12.5. The average molecular weight is 403 g/mol. The van der Waals surface area contributed by atoms with Crippen molar-refractivity contribution in [2.24, 2.45) is 0 Å². The maximum atomic E-state index is 12.5. The molecule has 9 nitrogen and oxygen atoms in total. The molecule has 4 rings (SSSR count). The molecule has 0 unspecified atom stereocenters. The van der Waals surface area contributed by atoms with Gasteiger partial charge < -0.3 is 15.8 Å². The molecule has 0 bridgehead atoms. The molecule has 0 atom stereocenters. The fourth-order valence-corrected chi connectivity index (χ4v) is 3.15. The summed E-state index contributed by atoms with van der Waals surface area (Å²) in [4.78, 5) is 30.2. The SMILES string of the molecule is COCCNC(=O)c1ccc2nc(-c3cccc(C)n3)c(-c3ccnc(N)n3)n2c1. The molecule has 0 saturated carbocycles. The molecule has 1 amide bonds. The van der Waals surface area contributed by atoms with Crippen LogP contribution in [0.5, 0.6) is 0 Å². The molecule has 0 fully saturated rings. The van der Waals surface area contributed by atoms with Crippen LogP contribution in [0.2, 0.25) is 0 Å². The van der Waals surface area contributed by atoms with Gasteiger partial charge in [-0.2, -0.15) is 0 Å². The number of aromatic nitrogens is 5. The van der Waals surface area contributed by atoms with E-state index in [1.165, 1.54) is 0 Å². The molecule has 0 aliphatic heterocycles. The molecule has 0 saturated heterocycles. The third-order valence-corrected chi connectivity index (χ3v) is 4.52. The van der Waals surface area contributed by atoms with Gasteiger partial charge in [0, 0.05) is 31.7 Å². The standard InChI is InChI=1S/C21H21N7O2/c1-13-4-3-5-15(25-13)18-19(16-8-9-24-21(22)26-16)28-12-14(6-7-17(28)27-18)20(29)23-10-11-30-2/h3-9,12H,10-11H2,1-2H3,(H,23,29)(H2,22,24,26). The van der Waals surface area contributed by atoms with Crippen molar-refractivity contribution in [3.05, 3.63) is 60.0 Å².